The predicted octanol–water partition coefficient (Wildman–Crippen LogP) is 2.36. The van der Waals surface area contributed by atoms with Gasteiger partial charge in [0, 0.05) is 30.2 Å². The Bertz CT molecular complexity index is 788. The average molecular weight is 341 g/mol. The fraction of sp³-hybridized carbons (Fsp3) is 0.167. The summed E-state index contributed by atoms with van der Waals surface area (Å²) in [4.78, 5) is 23.5. The van der Waals surface area contributed by atoms with Crippen LogP contribution >= 0.6 is 0 Å². The Morgan fingerprint density at radius 2 is 1.68 bits per heavy atom. The third-order valence-corrected chi connectivity index (χ3v) is 3.36. The number of para-hydroxylation sites is 1. The van der Waals surface area contributed by atoms with E-state index in [0.717, 1.165) is 0 Å². The largest absolute Gasteiger partial charge is 0.508 e. The maximum atomic E-state index is 11.8. The molecule has 0 heterocycles. The molecule has 0 fully saturated rings. The number of carbonyl (C=O) groups is 2. The van der Waals surface area contributed by atoms with Gasteiger partial charge in [-0.1, -0.05) is 18.2 Å². The molecule has 7 nitrogen and oxygen atoms in total. The second kappa shape index (κ2) is 8.49. The highest BCUT2D eigenvalue weighted by Gasteiger charge is 2.09. The number of phenolic OH excluding ortho intramolecular Hbond substituents is 2. The van der Waals surface area contributed by atoms with Crippen LogP contribution in [-0.4, -0.2) is 27.7 Å². The number of phenols is 2. The van der Waals surface area contributed by atoms with Gasteiger partial charge in [-0.05, 0) is 31.2 Å². The van der Waals surface area contributed by atoms with Crippen molar-refractivity contribution in [2.24, 2.45) is 5.10 Å². The van der Waals surface area contributed by atoms with Crippen LogP contribution in [0.25, 0.3) is 0 Å². The first-order valence-corrected chi connectivity index (χ1v) is 7.66. The lowest BCUT2D eigenvalue weighted by Gasteiger charge is -2.06. The van der Waals surface area contributed by atoms with Crippen LogP contribution in [0.1, 0.15) is 25.3 Å². The molecule has 0 radical (unpaired) electrons. The topological polar surface area (TPSA) is 111 Å². The second-order valence-corrected chi connectivity index (χ2v) is 5.35. The lowest BCUT2D eigenvalue weighted by molar-refractivity contribution is -0.124. The summed E-state index contributed by atoms with van der Waals surface area (Å²) in [5.41, 5.74) is 3.77. The standard InChI is InChI=1S/C18H19N3O4/c1-12(15-8-7-14(22)11-16(15)23)20-21-18(25)10-9-17(24)19-13-5-3-2-4-6-13/h2-8,11,22-23H,9-10H2,1H3,(H,19,24)(H,21,25)/b20-12-. The molecule has 0 spiro atoms. The number of benzene rings is 2. The average Bonchev–Trinajstić information content (AvgIpc) is 2.58. The number of rotatable bonds is 6. The molecule has 2 aromatic rings. The minimum Gasteiger partial charge on any atom is -0.508 e. The Morgan fingerprint density at radius 3 is 2.36 bits per heavy atom. The smallest absolute Gasteiger partial charge is 0.240 e. The van der Waals surface area contributed by atoms with Crippen LogP contribution < -0.4 is 10.7 Å². The number of anilines is 1. The third-order valence-electron chi connectivity index (χ3n) is 3.36. The SMILES string of the molecule is C/C(=N/NC(=O)CCC(=O)Nc1ccccc1)c1ccc(O)cc1O. The fourth-order valence-corrected chi connectivity index (χ4v) is 2.06. The number of aromatic hydroxyl groups is 2. The van der Waals surface area contributed by atoms with E-state index in [1.165, 1.54) is 18.2 Å². The van der Waals surface area contributed by atoms with Crippen LogP contribution in [-0.2, 0) is 9.59 Å². The zero-order valence-corrected chi connectivity index (χ0v) is 13.7. The van der Waals surface area contributed by atoms with E-state index < -0.39 is 5.91 Å². The molecule has 130 valence electrons. The minimum absolute atomic E-state index is 0.0169. The summed E-state index contributed by atoms with van der Waals surface area (Å²) in [7, 11) is 0. The van der Waals surface area contributed by atoms with Gasteiger partial charge in [-0.2, -0.15) is 5.10 Å². The first kappa shape index (κ1) is 18.0. The molecule has 0 aromatic heterocycles. The maximum Gasteiger partial charge on any atom is 0.240 e. The van der Waals surface area contributed by atoms with Crippen LogP contribution in [0.5, 0.6) is 11.5 Å². The molecule has 0 saturated heterocycles. The molecule has 0 aliphatic rings. The van der Waals surface area contributed by atoms with Crippen molar-refractivity contribution in [3.8, 4) is 11.5 Å². The summed E-state index contributed by atoms with van der Waals surface area (Å²) in [5, 5.41) is 25.6. The first-order valence-electron chi connectivity index (χ1n) is 7.66. The number of hydrogen-bond acceptors (Lipinski definition) is 5. The first-order chi connectivity index (χ1) is 12.0. The summed E-state index contributed by atoms with van der Waals surface area (Å²) >= 11 is 0. The predicted molar refractivity (Wildman–Crippen MR) is 94.4 cm³/mol. The van der Waals surface area contributed by atoms with Gasteiger partial charge in [-0.25, -0.2) is 5.43 Å². The third kappa shape index (κ3) is 5.65. The summed E-state index contributed by atoms with van der Waals surface area (Å²) in [6, 6.07) is 13.1. The molecular formula is C18H19N3O4. The van der Waals surface area contributed by atoms with Crippen molar-refractivity contribution in [1.29, 1.82) is 0 Å². The highest BCUT2D eigenvalue weighted by Crippen LogP contribution is 2.22. The normalized spacial score (nSPS) is 11.0. The number of hydrogen-bond donors (Lipinski definition) is 4. The minimum atomic E-state index is -0.416. The lowest BCUT2D eigenvalue weighted by atomic mass is 10.1. The monoisotopic (exact) mass is 341 g/mol. The van der Waals surface area contributed by atoms with Crippen LogP contribution in [0.15, 0.2) is 53.6 Å². The van der Waals surface area contributed by atoms with Crippen molar-refractivity contribution < 1.29 is 19.8 Å². The van der Waals surface area contributed by atoms with Gasteiger partial charge in [0.2, 0.25) is 11.8 Å². The van der Waals surface area contributed by atoms with Gasteiger partial charge in [-0.15, -0.1) is 0 Å². The van der Waals surface area contributed by atoms with E-state index in [2.05, 4.69) is 15.8 Å². The van der Waals surface area contributed by atoms with Crippen LogP contribution in [0.4, 0.5) is 5.69 Å². The molecule has 4 N–H and O–H groups in total. The molecule has 25 heavy (non-hydrogen) atoms. The zero-order chi connectivity index (χ0) is 18.2. The van der Waals surface area contributed by atoms with Crippen molar-refractivity contribution in [1.82, 2.24) is 5.43 Å². The molecular weight excluding hydrogens is 322 g/mol. The van der Waals surface area contributed by atoms with Gasteiger partial charge in [-0.3, -0.25) is 9.59 Å². The zero-order valence-electron chi connectivity index (χ0n) is 13.7. The molecule has 0 atom stereocenters. The van der Waals surface area contributed by atoms with Crippen LogP contribution in [0, 0.1) is 0 Å². The van der Waals surface area contributed by atoms with Crippen molar-refractivity contribution in [3.05, 3.63) is 54.1 Å². The number of nitrogens with one attached hydrogen (secondary N) is 2. The van der Waals surface area contributed by atoms with Gasteiger partial charge >= 0.3 is 0 Å². The quantitative estimate of drug-likeness (QED) is 0.477. The Labute approximate surface area is 145 Å². The highest BCUT2D eigenvalue weighted by molar-refractivity contribution is 6.01. The number of hydrazone groups is 1. The molecule has 0 saturated carbocycles. The van der Waals surface area contributed by atoms with E-state index in [4.69, 9.17) is 0 Å². The molecule has 0 bridgehead atoms. The molecule has 2 rings (SSSR count). The summed E-state index contributed by atoms with van der Waals surface area (Å²) < 4.78 is 0. The summed E-state index contributed by atoms with van der Waals surface area (Å²) in [5.74, 6) is -0.890. The Morgan fingerprint density at radius 1 is 1.00 bits per heavy atom. The van der Waals surface area contributed by atoms with E-state index in [9.17, 15) is 19.8 Å². The van der Waals surface area contributed by atoms with Crippen molar-refractivity contribution >= 4 is 23.2 Å². The lowest BCUT2D eigenvalue weighted by Crippen LogP contribution is -2.21. The van der Waals surface area contributed by atoms with Crippen molar-refractivity contribution in [3.63, 3.8) is 0 Å². The Kier molecular flexibility index (Phi) is 6.11. The van der Waals surface area contributed by atoms with E-state index in [1.54, 1.807) is 31.2 Å². The van der Waals surface area contributed by atoms with Crippen molar-refractivity contribution in [2.45, 2.75) is 19.8 Å². The Hall–Kier alpha value is -3.35. The van der Waals surface area contributed by atoms with Crippen LogP contribution in [0.2, 0.25) is 0 Å². The number of amides is 2. The van der Waals surface area contributed by atoms with Gasteiger partial charge < -0.3 is 15.5 Å². The Balaban J connectivity index is 1.82. The molecule has 0 aliphatic heterocycles. The van der Waals surface area contributed by atoms with E-state index in [0.29, 0.717) is 17.0 Å². The second-order valence-electron chi connectivity index (χ2n) is 5.35. The summed E-state index contributed by atoms with van der Waals surface area (Å²) in [6.45, 7) is 1.61. The van der Waals surface area contributed by atoms with E-state index in [-0.39, 0.29) is 30.2 Å². The van der Waals surface area contributed by atoms with E-state index >= 15 is 0 Å². The number of carbonyl (C=O) groups excluding carboxylic acids is 2. The molecule has 0 unspecified atom stereocenters. The van der Waals surface area contributed by atoms with Gasteiger partial charge in [0.05, 0.1) is 5.71 Å². The van der Waals surface area contributed by atoms with Gasteiger partial charge in [0.15, 0.2) is 0 Å². The molecule has 7 heteroatoms. The van der Waals surface area contributed by atoms with Gasteiger partial charge in [0.1, 0.15) is 11.5 Å². The highest BCUT2D eigenvalue weighted by atomic mass is 16.3. The number of nitrogens with zero attached hydrogens (tertiary/aromatic N) is 1. The molecule has 2 amide bonds. The summed E-state index contributed by atoms with van der Waals surface area (Å²) in [6.07, 6.45) is 0.0107. The van der Waals surface area contributed by atoms with E-state index in [1.807, 2.05) is 6.07 Å². The van der Waals surface area contributed by atoms with Crippen LogP contribution in [0.3, 0.4) is 0 Å². The fourth-order valence-electron chi connectivity index (χ4n) is 2.06. The maximum absolute atomic E-state index is 11.8. The molecule has 2 aromatic carbocycles. The van der Waals surface area contributed by atoms with Gasteiger partial charge in [0.25, 0.3) is 0 Å². The van der Waals surface area contributed by atoms with Crippen molar-refractivity contribution in [2.75, 3.05) is 5.32 Å². The molecule has 0 aliphatic carbocycles.